The predicted octanol–water partition coefficient (Wildman–Crippen LogP) is 1.83. The van der Waals surface area contributed by atoms with Crippen LogP contribution < -0.4 is 4.74 Å². The maximum absolute atomic E-state index is 12.6. The van der Waals surface area contributed by atoms with Crippen LogP contribution in [0, 0.1) is 6.92 Å². The zero-order valence-electron chi connectivity index (χ0n) is 14.9. The number of aromatic nitrogens is 2. The lowest BCUT2D eigenvalue weighted by Gasteiger charge is -2.37. The monoisotopic (exact) mass is 344 g/mol. The fourth-order valence-corrected chi connectivity index (χ4v) is 2.98. The van der Waals surface area contributed by atoms with E-state index in [-0.39, 0.29) is 18.6 Å². The Morgan fingerprint density at radius 3 is 2.88 bits per heavy atom. The van der Waals surface area contributed by atoms with Gasteiger partial charge in [0.2, 0.25) is 5.89 Å². The molecule has 1 aromatic carbocycles. The Hall–Kier alpha value is -2.41. The highest BCUT2D eigenvalue weighted by Gasteiger charge is 2.32. The number of nitrogens with zero attached hydrogens (tertiary/aromatic N) is 4. The van der Waals surface area contributed by atoms with E-state index >= 15 is 0 Å². The van der Waals surface area contributed by atoms with Crippen molar-refractivity contribution in [2.45, 2.75) is 26.3 Å². The second-order valence-corrected chi connectivity index (χ2v) is 6.27. The molecule has 0 saturated carbocycles. The Labute approximate surface area is 147 Å². The lowest BCUT2D eigenvalue weighted by Crippen LogP contribution is -2.50. The van der Waals surface area contributed by atoms with Crippen LogP contribution in [0.4, 0.5) is 0 Å². The van der Waals surface area contributed by atoms with Crippen molar-refractivity contribution in [1.29, 1.82) is 0 Å². The molecular weight excluding hydrogens is 320 g/mol. The number of likely N-dealkylation sites (N-methyl/N-ethyl adjacent to an activating group) is 1. The lowest BCUT2D eigenvalue weighted by atomic mass is 10.1. The van der Waals surface area contributed by atoms with E-state index in [1.165, 1.54) is 0 Å². The number of carbonyl (C=O) groups excluding carboxylic acids is 1. The first-order chi connectivity index (χ1) is 12.1. The van der Waals surface area contributed by atoms with Gasteiger partial charge < -0.3 is 14.2 Å². The van der Waals surface area contributed by atoms with E-state index in [9.17, 15) is 4.79 Å². The maximum Gasteiger partial charge on any atom is 0.260 e. The van der Waals surface area contributed by atoms with Crippen LogP contribution in [0.25, 0.3) is 0 Å². The largest absolute Gasteiger partial charge is 0.483 e. The highest BCUT2D eigenvalue weighted by Crippen LogP contribution is 2.23. The summed E-state index contributed by atoms with van der Waals surface area (Å²) < 4.78 is 11.0. The van der Waals surface area contributed by atoms with Crippen molar-refractivity contribution in [2.24, 2.45) is 0 Å². The molecule has 7 heteroatoms. The third-order valence-electron chi connectivity index (χ3n) is 4.53. The highest BCUT2D eigenvalue weighted by atomic mass is 16.5. The minimum Gasteiger partial charge on any atom is -0.483 e. The first kappa shape index (κ1) is 17.4. The van der Waals surface area contributed by atoms with E-state index in [1.807, 2.05) is 31.3 Å². The Morgan fingerprint density at radius 2 is 2.16 bits per heavy atom. The molecule has 0 unspecified atom stereocenters. The topological polar surface area (TPSA) is 71.7 Å². The van der Waals surface area contributed by atoms with Gasteiger partial charge in [-0.1, -0.05) is 30.3 Å². The van der Waals surface area contributed by atoms with Crippen LogP contribution in [0.1, 0.15) is 30.2 Å². The van der Waals surface area contributed by atoms with Crippen molar-refractivity contribution in [3.63, 3.8) is 0 Å². The number of para-hydroxylation sites is 1. The van der Waals surface area contributed by atoms with Crippen LogP contribution in [0.3, 0.4) is 0 Å². The molecule has 0 radical (unpaired) electrons. The standard InChI is InChI=1S/C18H24N4O3/c1-4-14-7-5-6-8-16(14)24-12-17(23)22-10-9-21(3)15(11-22)18-19-13(2)20-25-18/h5-8,15H,4,9-12H2,1-3H3/t15-/m0/s1. The van der Waals surface area contributed by atoms with Crippen LogP contribution in [0.5, 0.6) is 5.75 Å². The summed E-state index contributed by atoms with van der Waals surface area (Å²) in [7, 11) is 2.00. The zero-order chi connectivity index (χ0) is 17.8. The first-order valence-electron chi connectivity index (χ1n) is 8.57. The summed E-state index contributed by atoms with van der Waals surface area (Å²) in [5.41, 5.74) is 1.10. The zero-order valence-corrected chi connectivity index (χ0v) is 14.9. The second kappa shape index (κ2) is 7.65. The summed E-state index contributed by atoms with van der Waals surface area (Å²) in [4.78, 5) is 20.8. The Kier molecular flexibility index (Phi) is 5.33. The molecule has 1 aliphatic rings. The van der Waals surface area contributed by atoms with E-state index in [1.54, 1.807) is 11.8 Å². The average molecular weight is 344 g/mol. The summed E-state index contributed by atoms with van der Waals surface area (Å²) >= 11 is 0. The summed E-state index contributed by atoms with van der Waals surface area (Å²) in [5, 5.41) is 3.85. The van der Waals surface area contributed by atoms with E-state index in [0.29, 0.717) is 24.8 Å². The Morgan fingerprint density at radius 1 is 1.36 bits per heavy atom. The number of hydrogen-bond acceptors (Lipinski definition) is 6. The smallest absolute Gasteiger partial charge is 0.260 e. The molecule has 1 aliphatic heterocycles. The van der Waals surface area contributed by atoms with Crippen molar-refractivity contribution in [3.8, 4) is 5.75 Å². The van der Waals surface area contributed by atoms with Crippen LogP contribution >= 0.6 is 0 Å². The third kappa shape index (κ3) is 3.99. The van der Waals surface area contributed by atoms with Gasteiger partial charge in [0.05, 0.1) is 0 Å². The van der Waals surface area contributed by atoms with Gasteiger partial charge in [-0.15, -0.1) is 0 Å². The molecule has 1 aromatic heterocycles. The minimum atomic E-state index is -0.0816. The van der Waals surface area contributed by atoms with Gasteiger partial charge in [-0.25, -0.2) is 0 Å². The highest BCUT2D eigenvalue weighted by molar-refractivity contribution is 5.78. The maximum atomic E-state index is 12.6. The lowest BCUT2D eigenvalue weighted by molar-refractivity contribution is -0.136. The fraction of sp³-hybridized carbons (Fsp3) is 0.500. The molecule has 134 valence electrons. The molecule has 0 spiro atoms. The molecule has 1 atom stereocenters. The molecule has 2 aromatic rings. The number of ether oxygens (including phenoxy) is 1. The number of aryl methyl sites for hydroxylation is 2. The van der Waals surface area contributed by atoms with Crippen molar-refractivity contribution in [3.05, 3.63) is 41.5 Å². The Bertz CT molecular complexity index is 731. The Balaban J connectivity index is 1.62. The van der Waals surface area contributed by atoms with E-state index in [0.717, 1.165) is 24.3 Å². The average Bonchev–Trinajstić information content (AvgIpc) is 3.06. The van der Waals surface area contributed by atoms with Crippen LogP contribution in [-0.4, -0.2) is 59.1 Å². The van der Waals surface area contributed by atoms with E-state index in [4.69, 9.17) is 9.26 Å². The molecule has 0 N–H and O–H groups in total. The molecule has 0 aliphatic carbocycles. The number of carbonyl (C=O) groups is 1. The van der Waals surface area contributed by atoms with Crippen LogP contribution in [0.2, 0.25) is 0 Å². The molecular formula is C18H24N4O3. The minimum absolute atomic E-state index is 0.0276. The number of rotatable bonds is 5. The quantitative estimate of drug-likeness (QED) is 0.824. The van der Waals surface area contributed by atoms with Crippen LogP contribution in [-0.2, 0) is 11.2 Å². The fourth-order valence-electron chi connectivity index (χ4n) is 2.98. The van der Waals surface area contributed by atoms with Gasteiger partial charge in [-0.05, 0) is 32.0 Å². The van der Waals surface area contributed by atoms with Crippen molar-refractivity contribution >= 4 is 5.91 Å². The van der Waals surface area contributed by atoms with Gasteiger partial charge in [0.25, 0.3) is 5.91 Å². The number of amides is 1. The van der Waals surface area contributed by atoms with Crippen molar-refractivity contribution < 1.29 is 14.1 Å². The van der Waals surface area contributed by atoms with Gasteiger partial charge in [0, 0.05) is 19.6 Å². The van der Waals surface area contributed by atoms with Gasteiger partial charge in [-0.2, -0.15) is 4.98 Å². The molecule has 3 rings (SSSR count). The van der Waals surface area contributed by atoms with E-state index < -0.39 is 0 Å². The summed E-state index contributed by atoms with van der Waals surface area (Å²) in [6.07, 6.45) is 0.872. The molecule has 25 heavy (non-hydrogen) atoms. The SMILES string of the molecule is CCc1ccccc1OCC(=O)N1CCN(C)[C@H](c2nc(C)no2)C1. The van der Waals surface area contributed by atoms with Gasteiger partial charge >= 0.3 is 0 Å². The van der Waals surface area contributed by atoms with Crippen LogP contribution in [0.15, 0.2) is 28.8 Å². The van der Waals surface area contributed by atoms with Crippen molar-refractivity contribution in [2.75, 3.05) is 33.3 Å². The molecule has 1 saturated heterocycles. The number of piperazine rings is 1. The molecule has 1 amide bonds. The summed E-state index contributed by atoms with van der Waals surface area (Å²) in [6, 6.07) is 7.74. The molecule has 7 nitrogen and oxygen atoms in total. The summed E-state index contributed by atoms with van der Waals surface area (Å²) in [5.74, 6) is 1.90. The predicted molar refractivity (Wildman–Crippen MR) is 92.3 cm³/mol. The molecule has 1 fully saturated rings. The van der Waals surface area contributed by atoms with Crippen molar-refractivity contribution in [1.82, 2.24) is 19.9 Å². The first-order valence-corrected chi connectivity index (χ1v) is 8.57. The second-order valence-electron chi connectivity index (χ2n) is 6.27. The third-order valence-corrected chi connectivity index (χ3v) is 4.53. The van der Waals surface area contributed by atoms with Gasteiger partial charge in [0.15, 0.2) is 12.4 Å². The normalized spacial score (nSPS) is 18.4. The van der Waals surface area contributed by atoms with Gasteiger partial charge in [-0.3, -0.25) is 9.69 Å². The van der Waals surface area contributed by atoms with Gasteiger partial charge in [0.1, 0.15) is 11.8 Å². The van der Waals surface area contributed by atoms with E-state index in [2.05, 4.69) is 22.0 Å². The number of benzene rings is 1. The summed E-state index contributed by atoms with van der Waals surface area (Å²) in [6.45, 7) is 5.84. The molecule has 2 heterocycles. The number of hydrogen-bond donors (Lipinski definition) is 0. The molecule has 0 bridgehead atoms.